The molecule has 1 aromatic carbocycles. The van der Waals surface area contributed by atoms with E-state index in [9.17, 15) is 38.7 Å². The molecule has 0 aromatic heterocycles. The normalized spacial score (nSPS) is 19.3. The molecule has 0 bridgehead atoms. The summed E-state index contributed by atoms with van der Waals surface area (Å²) in [5.41, 5.74) is 0.688. The van der Waals surface area contributed by atoms with Crippen molar-refractivity contribution in [3.05, 3.63) is 48.0 Å². The predicted octanol–water partition coefficient (Wildman–Crippen LogP) is 4.25. The van der Waals surface area contributed by atoms with E-state index in [0.717, 1.165) is 6.42 Å². The molecule has 3 rings (SSSR count). The van der Waals surface area contributed by atoms with Gasteiger partial charge in [-0.15, -0.1) is 0 Å². The molecule has 1 aromatic rings. The van der Waals surface area contributed by atoms with Crippen molar-refractivity contribution < 1.29 is 48.1 Å². The van der Waals surface area contributed by atoms with Crippen LogP contribution in [-0.4, -0.2) is 150 Å². The van der Waals surface area contributed by atoms with E-state index >= 15 is 0 Å². The van der Waals surface area contributed by atoms with Crippen LogP contribution in [0.4, 0.5) is 0 Å². The fourth-order valence-electron chi connectivity index (χ4n) is 9.28. The van der Waals surface area contributed by atoms with Gasteiger partial charge in [0.15, 0.2) is 0 Å². The molecule has 2 heterocycles. The number of aliphatic hydroxyl groups is 1. The van der Waals surface area contributed by atoms with Crippen LogP contribution < -0.4 is 10.6 Å². The van der Waals surface area contributed by atoms with Gasteiger partial charge in [-0.25, -0.2) is 0 Å². The molecule has 0 aliphatic carbocycles. The molecule has 3 N–H and O–H groups in total. The van der Waals surface area contributed by atoms with Crippen LogP contribution in [0.15, 0.2) is 42.5 Å². The number of carbonyl (C=O) groups is 7. The van der Waals surface area contributed by atoms with Crippen LogP contribution in [0.1, 0.15) is 118 Å². The molecule has 1 saturated heterocycles. The van der Waals surface area contributed by atoms with Crippen molar-refractivity contribution in [3.8, 4) is 0 Å². The lowest BCUT2D eigenvalue weighted by Gasteiger charge is -2.41. The first-order chi connectivity index (χ1) is 30.7. The first-order valence-corrected chi connectivity index (χ1v) is 23.5. The Kier molecular flexibility index (Phi) is 21.8. The fraction of sp³-hybridized carbons (Fsp3) is 0.694. The van der Waals surface area contributed by atoms with E-state index in [1.54, 1.807) is 49.9 Å². The van der Waals surface area contributed by atoms with Crippen molar-refractivity contribution in [1.29, 1.82) is 0 Å². The van der Waals surface area contributed by atoms with Gasteiger partial charge in [-0.1, -0.05) is 91.6 Å². The third-order valence-corrected chi connectivity index (χ3v) is 13.4. The minimum atomic E-state index is -0.947. The largest absolute Gasteiger partial charge is 0.386 e. The number of rotatable bonds is 26. The number of carbonyl (C=O) groups excluding carboxylic acids is 7. The quantitative estimate of drug-likeness (QED) is 0.0894. The van der Waals surface area contributed by atoms with Gasteiger partial charge in [0.1, 0.15) is 12.1 Å². The van der Waals surface area contributed by atoms with Crippen molar-refractivity contribution in [1.82, 2.24) is 30.2 Å². The van der Waals surface area contributed by atoms with Gasteiger partial charge in [0.25, 0.3) is 11.8 Å². The molecule has 7 amide bonds. The van der Waals surface area contributed by atoms with Gasteiger partial charge in [-0.3, -0.25) is 38.5 Å². The second kappa shape index (κ2) is 25.9. The second-order valence-electron chi connectivity index (χ2n) is 18.6. The number of methoxy groups -OCH3 is 2. The van der Waals surface area contributed by atoms with Crippen LogP contribution in [-0.2, 0) is 43.0 Å². The Morgan fingerprint density at radius 3 is 2.02 bits per heavy atom. The Balaban J connectivity index is 1.70. The SMILES string of the molecule is CC[C@H](C)[C@@H]([C@@H](CC(=O)N1CCC[C@H]1[C@H](OC)[C@@H](C)C(=O)N[C@H](C)[C@@H](O)c1ccccc1)OC)N(C)C(=O)[C@@H](NC(=O)[C@H](C(C)C)N(C)C(=O)CCCCCN1C(=O)C=CC1=O)C(C)C. The summed E-state index contributed by atoms with van der Waals surface area (Å²) in [5, 5.41) is 16.8. The summed E-state index contributed by atoms with van der Waals surface area (Å²) in [4.78, 5) is 99.5. The fourth-order valence-corrected chi connectivity index (χ4v) is 9.28. The maximum absolute atomic E-state index is 14.6. The van der Waals surface area contributed by atoms with E-state index in [-0.39, 0.29) is 72.6 Å². The molecule has 364 valence electrons. The lowest BCUT2D eigenvalue weighted by atomic mass is 9.89. The monoisotopic (exact) mass is 911 g/mol. The van der Waals surface area contributed by atoms with Gasteiger partial charge < -0.3 is 39.9 Å². The summed E-state index contributed by atoms with van der Waals surface area (Å²) < 4.78 is 12.0. The standard InChI is InChI=1S/C49H78N6O10/c1-13-32(6)44(37(64-11)29-41(59)54-28-20-23-36(54)46(65-12)33(7)47(61)50-34(8)45(60)35-21-16-14-17-22-35)53(10)49(63)42(30(2)3)51-48(62)43(31(4)5)52(9)38(56)24-18-15-19-27-55-39(57)25-26-40(55)58/h14,16-17,21-22,25-26,30-34,36-37,42-46,60H,13,15,18-20,23-24,27-29H2,1-12H3,(H,50,61)(H,51,62)/t32-,33+,34+,36-,37+,42-,43-,44-,45+,46+/m0/s1. The highest BCUT2D eigenvalue weighted by molar-refractivity contribution is 6.12. The summed E-state index contributed by atoms with van der Waals surface area (Å²) in [6.07, 6.45) is 4.09. The summed E-state index contributed by atoms with van der Waals surface area (Å²) in [6, 6.07) is 5.80. The zero-order valence-electron chi connectivity index (χ0n) is 41.0. The highest BCUT2D eigenvalue weighted by atomic mass is 16.5. The highest BCUT2D eigenvalue weighted by Gasteiger charge is 2.43. The van der Waals surface area contributed by atoms with Crippen molar-refractivity contribution in [3.63, 3.8) is 0 Å². The van der Waals surface area contributed by atoms with Crippen molar-refractivity contribution in [2.45, 2.75) is 155 Å². The Labute approximate surface area is 387 Å². The van der Waals surface area contributed by atoms with E-state index < -0.39 is 60.3 Å². The van der Waals surface area contributed by atoms with E-state index in [4.69, 9.17) is 9.47 Å². The third kappa shape index (κ3) is 14.4. The summed E-state index contributed by atoms with van der Waals surface area (Å²) >= 11 is 0. The molecule has 10 atom stereocenters. The average molecular weight is 911 g/mol. The van der Waals surface area contributed by atoms with Crippen molar-refractivity contribution in [2.75, 3.05) is 41.4 Å². The number of likely N-dealkylation sites (tertiary alicyclic amines) is 1. The topological polar surface area (TPSA) is 195 Å². The van der Waals surface area contributed by atoms with Crippen LogP contribution in [0.2, 0.25) is 0 Å². The van der Waals surface area contributed by atoms with Gasteiger partial charge in [-0.2, -0.15) is 0 Å². The molecular formula is C49H78N6O10. The van der Waals surface area contributed by atoms with Crippen molar-refractivity contribution >= 4 is 41.4 Å². The van der Waals surface area contributed by atoms with E-state index in [1.165, 1.54) is 36.2 Å². The number of aliphatic hydroxyl groups excluding tert-OH is 1. The molecular weight excluding hydrogens is 833 g/mol. The molecule has 0 saturated carbocycles. The number of benzene rings is 1. The van der Waals surface area contributed by atoms with E-state index in [2.05, 4.69) is 10.6 Å². The first kappa shape index (κ1) is 54.7. The molecule has 0 spiro atoms. The molecule has 2 aliphatic rings. The number of amides is 7. The molecule has 16 nitrogen and oxygen atoms in total. The molecule has 0 unspecified atom stereocenters. The Morgan fingerprint density at radius 2 is 1.46 bits per heavy atom. The van der Waals surface area contributed by atoms with Crippen LogP contribution in [0.3, 0.4) is 0 Å². The van der Waals surface area contributed by atoms with Gasteiger partial charge in [0, 0.05) is 60.0 Å². The molecule has 1 fully saturated rings. The summed E-state index contributed by atoms with van der Waals surface area (Å²) in [6.45, 7) is 15.6. The average Bonchev–Trinajstić information content (AvgIpc) is 3.89. The number of hydrogen-bond donors (Lipinski definition) is 3. The maximum atomic E-state index is 14.6. The minimum Gasteiger partial charge on any atom is -0.386 e. The van der Waals surface area contributed by atoms with Gasteiger partial charge in [-0.05, 0) is 55.9 Å². The summed E-state index contributed by atoms with van der Waals surface area (Å²) in [5.74, 6) is -3.55. The van der Waals surface area contributed by atoms with E-state index in [0.29, 0.717) is 44.2 Å². The number of imide groups is 1. The Morgan fingerprint density at radius 1 is 0.831 bits per heavy atom. The number of hydrogen-bond acceptors (Lipinski definition) is 10. The van der Waals surface area contributed by atoms with Gasteiger partial charge in [0.2, 0.25) is 29.5 Å². The van der Waals surface area contributed by atoms with Crippen LogP contribution in [0.5, 0.6) is 0 Å². The van der Waals surface area contributed by atoms with Crippen molar-refractivity contribution in [2.24, 2.45) is 23.7 Å². The molecule has 16 heteroatoms. The van der Waals surface area contributed by atoms with Crippen LogP contribution in [0, 0.1) is 23.7 Å². The number of nitrogens with zero attached hydrogens (tertiary/aromatic N) is 4. The zero-order chi connectivity index (χ0) is 48.7. The zero-order valence-corrected chi connectivity index (χ0v) is 41.0. The van der Waals surface area contributed by atoms with Gasteiger partial charge in [0.05, 0.1) is 48.8 Å². The minimum absolute atomic E-state index is 0.0380. The summed E-state index contributed by atoms with van der Waals surface area (Å²) in [7, 11) is 6.32. The second-order valence-corrected chi connectivity index (χ2v) is 18.6. The van der Waals surface area contributed by atoms with Gasteiger partial charge >= 0.3 is 0 Å². The Hall–Kier alpha value is -4.67. The van der Waals surface area contributed by atoms with Crippen LogP contribution in [0.25, 0.3) is 0 Å². The Bertz CT molecular complexity index is 1770. The number of unbranched alkanes of at least 4 members (excludes halogenated alkanes) is 2. The number of nitrogens with one attached hydrogen (secondary N) is 2. The number of ether oxygens (including phenoxy) is 2. The number of likely N-dealkylation sites (N-methyl/N-ethyl adjacent to an activating group) is 2. The highest BCUT2D eigenvalue weighted by Crippen LogP contribution is 2.30. The van der Waals surface area contributed by atoms with E-state index in [1.807, 2.05) is 59.7 Å². The van der Waals surface area contributed by atoms with Crippen LogP contribution >= 0.6 is 0 Å². The lowest BCUT2D eigenvalue weighted by Crippen LogP contribution is -2.60. The smallest absolute Gasteiger partial charge is 0.253 e. The third-order valence-electron chi connectivity index (χ3n) is 13.4. The maximum Gasteiger partial charge on any atom is 0.253 e. The predicted molar refractivity (Wildman–Crippen MR) is 248 cm³/mol. The molecule has 2 aliphatic heterocycles. The molecule has 0 radical (unpaired) electrons. The lowest BCUT2D eigenvalue weighted by molar-refractivity contribution is -0.148. The molecule has 65 heavy (non-hydrogen) atoms. The first-order valence-electron chi connectivity index (χ1n) is 23.5.